The van der Waals surface area contributed by atoms with E-state index in [1.54, 1.807) is 0 Å². The van der Waals surface area contributed by atoms with E-state index >= 15 is 0 Å². The van der Waals surface area contributed by atoms with Crippen molar-refractivity contribution in [1.82, 2.24) is 9.05 Å². The van der Waals surface area contributed by atoms with Crippen molar-refractivity contribution in [1.29, 1.82) is 0 Å². The van der Waals surface area contributed by atoms with Crippen LogP contribution in [0.4, 0.5) is 0 Å². The van der Waals surface area contributed by atoms with E-state index in [-0.39, 0.29) is 6.85 Å². The minimum absolute atomic E-state index is 0.0322. The van der Waals surface area contributed by atoms with Crippen LogP contribution < -0.4 is 10.9 Å². The summed E-state index contributed by atoms with van der Waals surface area (Å²) in [5.74, 6) is 0. The van der Waals surface area contributed by atoms with Crippen molar-refractivity contribution >= 4 is 93.7 Å². The average Bonchev–Trinajstić information content (AvgIpc) is 3.65. The van der Waals surface area contributed by atoms with E-state index in [0.29, 0.717) is 0 Å². The molecule has 0 aliphatic carbocycles. The third-order valence-corrected chi connectivity index (χ3v) is 12.7. The summed E-state index contributed by atoms with van der Waals surface area (Å²) in [5, 5.41) is 13.4. The summed E-state index contributed by atoms with van der Waals surface area (Å²) in [6.45, 7) is 9.04. The SMILES string of the molecule is Cc1ccc2c(c1)c1cc(C)cc3c1n2B1c2c-3c3ccc4cc(-c5ccccc5)cc5ccc(c2-n2c6ccc(C)cc6c6cc(C)cc1c62)c3c45. The first kappa shape index (κ1) is 28.3. The summed E-state index contributed by atoms with van der Waals surface area (Å²) in [6.07, 6.45) is 0. The molecule has 0 N–H and O–H groups in total. The van der Waals surface area contributed by atoms with Crippen LogP contribution in [0, 0.1) is 27.7 Å². The standard InChI is InChI=1S/C50H33BN2/c1-26-10-16-42-36(18-26)39-21-29(4)23-41-49(39)52(42)50-35-15-13-32-25-33(30-8-6-5-7-9-30)24-31-12-14-34(45(35)44(31)32)46-40-22-28(3)20-38-37-19-27(2)11-17-43(37)53(48(38)40)51(41)47(46)50/h5-25H,1-4H3. The molecule has 0 radical (unpaired) electrons. The molecular weight excluding hydrogens is 639 g/mol. The highest BCUT2D eigenvalue weighted by Gasteiger charge is 2.43. The zero-order valence-corrected chi connectivity index (χ0v) is 30.1. The first-order chi connectivity index (χ1) is 25.9. The number of aromatic nitrogens is 2. The fraction of sp³-hybridized carbons (Fsp3) is 0.0800. The van der Waals surface area contributed by atoms with Crippen LogP contribution in [0.15, 0.2) is 127 Å². The van der Waals surface area contributed by atoms with Crippen molar-refractivity contribution in [3.63, 3.8) is 0 Å². The van der Waals surface area contributed by atoms with Gasteiger partial charge < -0.3 is 9.05 Å². The lowest BCUT2D eigenvalue weighted by Gasteiger charge is -2.36. The monoisotopic (exact) mass is 672 g/mol. The zero-order valence-electron chi connectivity index (χ0n) is 30.1. The number of fused-ring (bicyclic) bond motifs is 12. The molecule has 0 fully saturated rings. The van der Waals surface area contributed by atoms with Gasteiger partial charge in [-0.05, 0) is 137 Å². The Morgan fingerprint density at radius 3 is 1.85 bits per heavy atom. The van der Waals surface area contributed by atoms with Gasteiger partial charge in [-0.3, -0.25) is 0 Å². The normalized spacial score (nSPS) is 13.2. The van der Waals surface area contributed by atoms with Crippen molar-refractivity contribution in [2.75, 3.05) is 0 Å². The van der Waals surface area contributed by atoms with Crippen molar-refractivity contribution in [3.05, 3.63) is 150 Å². The Kier molecular flexibility index (Phi) is 5.00. The quantitative estimate of drug-likeness (QED) is 0.121. The molecule has 0 amide bonds. The first-order valence-electron chi connectivity index (χ1n) is 18.9. The van der Waals surface area contributed by atoms with Gasteiger partial charge in [-0.25, -0.2) is 0 Å². The summed E-state index contributed by atoms with van der Waals surface area (Å²) in [5.41, 5.74) is 19.9. The van der Waals surface area contributed by atoms with Crippen molar-refractivity contribution in [2.45, 2.75) is 27.7 Å². The third-order valence-electron chi connectivity index (χ3n) is 12.7. The molecule has 0 saturated heterocycles. The van der Waals surface area contributed by atoms with Crippen molar-refractivity contribution in [3.8, 4) is 27.9 Å². The van der Waals surface area contributed by atoms with Crippen LogP contribution in [0.5, 0.6) is 0 Å². The van der Waals surface area contributed by atoms with Crippen LogP contribution in [0.3, 0.4) is 0 Å². The molecular formula is C50H33BN2. The smallest absolute Gasteiger partial charge is 0.333 e. The van der Waals surface area contributed by atoms with E-state index in [4.69, 9.17) is 0 Å². The van der Waals surface area contributed by atoms with Gasteiger partial charge in [0.05, 0.1) is 16.7 Å². The van der Waals surface area contributed by atoms with Gasteiger partial charge in [-0.1, -0.05) is 89.5 Å². The van der Waals surface area contributed by atoms with Gasteiger partial charge >= 0.3 is 6.85 Å². The fourth-order valence-electron chi connectivity index (χ4n) is 10.8. The van der Waals surface area contributed by atoms with Gasteiger partial charge in [0.2, 0.25) is 0 Å². The molecule has 2 aromatic heterocycles. The van der Waals surface area contributed by atoms with E-state index in [9.17, 15) is 0 Å². The summed E-state index contributed by atoms with van der Waals surface area (Å²) < 4.78 is 5.37. The molecule has 0 atom stereocenters. The number of benzene rings is 9. The highest BCUT2D eigenvalue weighted by Crippen LogP contribution is 2.50. The van der Waals surface area contributed by atoms with E-state index in [1.165, 1.54) is 137 Å². The molecule has 2 aliphatic rings. The van der Waals surface area contributed by atoms with Gasteiger partial charge in [-0.2, -0.15) is 0 Å². The van der Waals surface area contributed by atoms with Gasteiger partial charge in [0.25, 0.3) is 0 Å². The van der Waals surface area contributed by atoms with Gasteiger partial charge in [0.15, 0.2) is 0 Å². The summed E-state index contributed by atoms with van der Waals surface area (Å²) in [6, 6.07) is 49.3. The van der Waals surface area contributed by atoms with E-state index in [1.807, 2.05) is 0 Å². The number of hydrogen-bond donors (Lipinski definition) is 0. The Morgan fingerprint density at radius 2 is 1.09 bits per heavy atom. The molecule has 246 valence electrons. The van der Waals surface area contributed by atoms with Crippen LogP contribution in [-0.2, 0) is 0 Å². The van der Waals surface area contributed by atoms with Crippen LogP contribution in [0.25, 0.3) is 104 Å². The van der Waals surface area contributed by atoms with Crippen LogP contribution in [0.2, 0.25) is 0 Å². The first-order valence-corrected chi connectivity index (χ1v) is 18.9. The number of nitrogens with zero attached hydrogens (tertiary/aromatic N) is 2. The molecule has 0 spiro atoms. The Labute approximate surface area is 306 Å². The molecule has 4 heterocycles. The number of hydrogen-bond acceptors (Lipinski definition) is 0. The topological polar surface area (TPSA) is 9.86 Å². The van der Waals surface area contributed by atoms with Crippen LogP contribution in [-0.4, -0.2) is 15.9 Å². The maximum Gasteiger partial charge on any atom is 0.333 e. The van der Waals surface area contributed by atoms with E-state index in [0.717, 1.165) is 0 Å². The fourth-order valence-corrected chi connectivity index (χ4v) is 10.8. The zero-order chi connectivity index (χ0) is 35.0. The molecule has 2 nitrogen and oxygen atoms in total. The largest absolute Gasteiger partial charge is 0.375 e. The summed E-state index contributed by atoms with van der Waals surface area (Å²) in [4.78, 5) is 0. The molecule has 53 heavy (non-hydrogen) atoms. The minimum atomic E-state index is 0.0322. The van der Waals surface area contributed by atoms with E-state index in [2.05, 4.69) is 164 Å². The number of rotatable bonds is 1. The Bertz CT molecular complexity index is 3470. The maximum atomic E-state index is 2.72. The molecule has 11 aromatic rings. The highest BCUT2D eigenvalue weighted by atomic mass is 15.0. The second-order valence-electron chi connectivity index (χ2n) is 16.0. The molecule has 13 rings (SSSR count). The molecule has 0 bridgehead atoms. The lowest BCUT2D eigenvalue weighted by atomic mass is 9.45. The Morgan fingerprint density at radius 1 is 0.453 bits per heavy atom. The van der Waals surface area contributed by atoms with Crippen LogP contribution >= 0.6 is 0 Å². The Balaban J connectivity index is 1.32. The minimum Gasteiger partial charge on any atom is -0.375 e. The molecule has 0 unspecified atom stereocenters. The molecule has 3 heteroatoms. The molecule has 9 aromatic carbocycles. The molecule has 0 saturated carbocycles. The van der Waals surface area contributed by atoms with Crippen LogP contribution in [0.1, 0.15) is 22.3 Å². The maximum absolute atomic E-state index is 2.72. The summed E-state index contributed by atoms with van der Waals surface area (Å²) in [7, 11) is 0. The lowest BCUT2D eigenvalue weighted by molar-refractivity contribution is 1.19. The second kappa shape index (κ2) is 9.37. The Hall–Kier alpha value is -6.32. The average molecular weight is 673 g/mol. The van der Waals surface area contributed by atoms with Gasteiger partial charge in [0.1, 0.15) is 0 Å². The highest BCUT2D eigenvalue weighted by molar-refractivity contribution is 6.90. The van der Waals surface area contributed by atoms with Gasteiger partial charge in [0, 0.05) is 48.9 Å². The predicted molar refractivity (Wildman–Crippen MR) is 228 cm³/mol. The van der Waals surface area contributed by atoms with Crippen molar-refractivity contribution in [2.24, 2.45) is 0 Å². The van der Waals surface area contributed by atoms with Crippen molar-refractivity contribution < 1.29 is 0 Å². The second-order valence-corrected chi connectivity index (χ2v) is 16.0. The van der Waals surface area contributed by atoms with Gasteiger partial charge in [-0.15, -0.1) is 0 Å². The molecule has 2 aliphatic heterocycles. The number of aryl methyl sites for hydroxylation is 4. The lowest BCUT2D eigenvalue weighted by Crippen LogP contribution is -2.55. The third kappa shape index (κ3) is 3.34. The summed E-state index contributed by atoms with van der Waals surface area (Å²) >= 11 is 0. The predicted octanol–water partition coefficient (Wildman–Crippen LogP) is 11.6. The van der Waals surface area contributed by atoms with E-state index < -0.39 is 0 Å².